The minimum Gasteiger partial charge on any atom is -0.346 e. The van der Waals surface area contributed by atoms with Gasteiger partial charge in [0.05, 0.1) is 10.9 Å². The Morgan fingerprint density at radius 2 is 1.63 bits per heavy atom. The predicted octanol–water partition coefficient (Wildman–Crippen LogP) is 2.96. The molecule has 0 aromatic heterocycles. The van der Waals surface area contributed by atoms with Crippen molar-refractivity contribution in [3.05, 3.63) is 42.5 Å². The molecule has 286 valence electrons. The van der Waals surface area contributed by atoms with Crippen LogP contribution in [-0.2, 0) is 35.7 Å². The molecule has 13 nitrogen and oxygen atoms in total. The Morgan fingerprint density at radius 3 is 2.21 bits per heavy atom. The Hall–Kier alpha value is -3.78. The van der Waals surface area contributed by atoms with Crippen LogP contribution in [-0.4, -0.2) is 91.0 Å². The van der Waals surface area contributed by atoms with Gasteiger partial charge in [-0.1, -0.05) is 92.5 Å². The van der Waals surface area contributed by atoms with E-state index in [0.29, 0.717) is 18.5 Å². The number of amides is 5. The number of hydrogen-bond donors (Lipinski definition) is 4. The summed E-state index contributed by atoms with van der Waals surface area (Å²) in [6.45, 7) is 19.5. The number of fused-ring (bicyclic) bond motifs is 2. The number of rotatable bonds is 13. The van der Waals surface area contributed by atoms with Crippen LogP contribution in [0.5, 0.6) is 0 Å². The number of benzene rings is 1. The maximum absolute atomic E-state index is 14.5. The lowest BCUT2D eigenvalue weighted by molar-refractivity contribution is -0.145. The summed E-state index contributed by atoms with van der Waals surface area (Å²) in [7, 11) is -3.74. The molecule has 5 amide bonds. The molecule has 4 aliphatic rings. The van der Waals surface area contributed by atoms with E-state index >= 15 is 0 Å². The van der Waals surface area contributed by atoms with Gasteiger partial charge in [-0.2, -0.15) is 4.31 Å². The zero-order valence-corrected chi connectivity index (χ0v) is 32.6. The van der Waals surface area contributed by atoms with Crippen LogP contribution in [0.1, 0.15) is 80.2 Å². The first kappa shape index (κ1) is 39.4. The number of nitrogens with zero attached hydrogens (tertiary/aromatic N) is 2. The lowest BCUT2D eigenvalue weighted by Gasteiger charge is -2.39. The van der Waals surface area contributed by atoms with Gasteiger partial charge < -0.3 is 26.2 Å². The van der Waals surface area contributed by atoms with Crippen LogP contribution in [0.15, 0.2) is 41.8 Å². The molecule has 52 heavy (non-hydrogen) atoms. The highest BCUT2D eigenvalue weighted by molar-refractivity contribution is 7.89. The van der Waals surface area contributed by atoms with Crippen molar-refractivity contribution in [3.63, 3.8) is 0 Å². The summed E-state index contributed by atoms with van der Waals surface area (Å²) in [6, 6.07) is 2.64. The Balaban J connectivity index is 1.32. The summed E-state index contributed by atoms with van der Waals surface area (Å²) in [4.78, 5) is 70.0. The van der Waals surface area contributed by atoms with E-state index in [4.69, 9.17) is 0 Å². The molecule has 5 rings (SSSR count). The normalized spacial score (nSPS) is 24.8. The number of Topliss-reactive ketones (excluding diaryl/α,β-unsaturated/α-hetero) is 1. The molecule has 2 aliphatic heterocycles. The summed E-state index contributed by atoms with van der Waals surface area (Å²) >= 11 is 0. The first-order valence-electron chi connectivity index (χ1n) is 18.3. The van der Waals surface area contributed by atoms with Crippen molar-refractivity contribution in [2.45, 2.75) is 110 Å². The average Bonchev–Trinajstić information content (AvgIpc) is 3.87. The topological polar surface area (TPSA) is 174 Å². The van der Waals surface area contributed by atoms with Crippen molar-refractivity contribution < 1.29 is 32.4 Å². The Bertz CT molecular complexity index is 1720. The summed E-state index contributed by atoms with van der Waals surface area (Å²) in [5.74, 6) is -2.31. The number of hydrogen-bond acceptors (Lipinski definition) is 7. The molecule has 2 aliphatic carbocycles. The van der Waals surface area contributed by atoms with Gasteiger partial charge in [0.1, 0.15) is 12.1 Å². The minimum atomic E-state index is -3.74. The third kappa shape index (κ3) is 8.07. The fourth-order valence-corrected chi connectivity index (χ4v) is 9.39. The fraction of sp³-hybridized carbons (Fsp3) is 0.658. The number of piperidine rings is 1. The van der Waals surface area contributed by atoms with Crippen molar-refractivity contribution >= 4 is 39.6 Å². The lowest BCUT2D eigenvalue weighted by atomic mass is 9.85. The first-order valence-corrected chi connectivity index (χ1v) is 19.7. The van der Waals surface area contributed by atoms with Gasteiger partial charge in [-0.3, -0.25) is 19.2 Å². The minimum absolute atomic E-state index is 0.0290. The van der Waals surface area contributed by atoms with Gasteiger partial charge in [0.25, 0.3) is 5.91 Å². The molecule has 6 atom stereocenters. The second kappa shape index (κ2) is 14.2. The monoisotopic (exact) mass is 740 g/mol. The number of carbonyl (C=O) groups excluding carboxylic acids is 5. The SMILES string of the molecule is C=CCNC(=O)C(=O)C(CC1CC1)NC(=O)C1[C@@H]2[C@H](CN1C(=O)[C@@H](NC(=O)N[C@H](CN1Cc3ccccc3S1(=O)=O)C(C)(C)C)C(C)(C)C)C2(C)C. The molecule has 0 radical (unpaired) electrons. The van der Waals surface area contributed by atoms with Crippen molar-refractivity contribution in [3.8, 4) is 0 Å². The highest BCUT2D eigenvalue weighted by Gasteiger charge is 2.70. The molecule has 0 spiro atoms. The van der Waals surface area contributed by atoms with Crippen molar-refractivity contribution in [1.82, 2.24) is 30.5 Å². The van der Waals surface area contributed by atoms with Crippen molar-refractivity contribution in [1.29, 1.82) is 0 Å². The number of carbonyl (C=O) groups is 5. The van der Waals surface area contributed by atoms with Crippen molar-refractivity contribution in [2.75, 3.05) is 19.6 Å². The van der Waals surface area contributed by atoms with Crippen LogP contribution in [0.2, 0.25) is 0 Å². The Labute approximate surface area is 308 Å². The van der Waals surface area contributed by atoms with E-state index in [-0.39, 0.29) is 47.7 Å². The summed E-state index contributed by atoms with van der Waals surface area (Å²) < 4.78 is 28.1. The van der Waals surface area contributed by atoms with E-state index in [1.165, 1.54) is 15.3 Å². The predicted molar refractivity (Wildman–Crippen MR) is 196 cm³/mol. The molecule has 1 saturated heterocycles. The highest BCUT2D eigenvalue weighted by atomic mass is 32.2. The van der Waals surface area contributed by atoms with E-state index in [2.05, 4.69) is 41.7 Å². The van der Waals surface area contributed by atoms with E-state index in [9.17, 15) is 32.4 Å². The van der Waals surface area contributed by atoms with Gasteiger partial charge in [0, 0.05) is 32.2 Å². The molecule has 2 heterocycles. The average molecular weight is 741 g/mol. The molecule has 0 bridgehead atoms. The molecule has 4 N–H and O–H groups in total. The van der Waals surface area contributed by atoms with E-state index < -0.39 is 74.6 Å². The Morgan fingerprint density at radius 1 is 0.981 bits per heavy atom. The molecular weight excluding hydrogens is 685 g/mol. The highest BCUT2D eigenvalue weighted by Crippen LogP contribution is 2.65. The maximum Gasteiger partial charge on any atom is 0.315 e. The maximum atomic E-state index is 14.5. The third-order valence-electron chi connectivity index (χ3n) is 11.4. The summed E-state index contributed by atoms with van der Waals surface area (Å²) in [5.41, 5.74) is -0.844. The molecule has 2 unspecified atom stereocenters. The lowest BCUT2D eigenvalue weighted by Crippen LogP contribution is -2.62. The standard InChI is InChI=1S/C38H56N6O7S/c1-10-17-39-33(47)30(45)25(18-22-15-16-22)40-32(46)29-28-24(38(28,8)9)20-44(29)34(48)31(37(5,6)7)42-35(49)41-27(36(2,3)4)21-43-19-23-13-11-12-14-26(23)52(43,50)51/h10-14,22,24-25,27-29,31H,1,15-21H2,2-9H3,(H,39,47)(H,40,46)(H2,41,42,49)/t24-,25?,27+,28-,29?,31+/m0/s1. The number of sulfonamides is 1. The zero-order chi connectivity index (χ0) is 38.6. The zero-order valence-electron chi connectivity index (χ0n) is 31.7. The number of urea groups is 1. The van der Waals surface area contributed by atoms with Crippen LogP contribution in [0, 0.1) is 34.0 Å². The largest absolute Gasteiger partial charge is 0.346 e. The smallest absolute Gasteiger partial charge is 0.315 e. The number of nitrogens with one attached hydrogen (secondary N) is 4. The van der Waals surface area contributed by atoms with E-state index in [1.807, 2.05) is 41.5 Å². The van der Waals surface area contributed by atoms with Crippen molar-refractivity contribution in [2.24, 2.45) is 34.0 Å². The molecule has 2 saturated carbocycles. The van der Waals surface area contributed by atoms with Crippen LogP contribution in [0.4, 0.5) is 4.79 Å². The second-order valence-electron chi connectivity index (χ2n) is 17.7. The molecular formula is C38H56N6O7S. The van der Waals surface area contributed by atoms with E-state index in [0.717, 1.165) is 12.8 Å². The van der Waals surface area contributed by atoms with Gasteiger partial charge >= 0.3 is 6.03 Å². The first-order chi connectivity index (χ1) is 24.1. The molecule has 1 aromatic carbocycles. The van der Waals surface area contributed by atoms with Gasteiger partial charge in [0.2, 0.25) is 27.6 Å². The fourth-order valence-electron chi connectivity index (χ4n) is 7.75. The summed E-state index contributed by atoms with van der Waals surface area (Å²) in [6.07, 6.45) is 3.64. The Kier molecular flexibility index (Phi) is 10.8. The van der Waals surface area contributed by atoms with Crippen LogP contribution < -0.4 is 21.3 Å². The molecule has 1 aromatic rings. The van der Waals surface area contributed by atoms with Gasteiger partial charge in [0.15, 0.2) is 0 Å². The number of likely N-dealkylation sites (tertiary alicyclic amines) is 1. The third-order valence-corrected chi connectivity index (χ3v) is 13.3. The van der Waals surface area contributed by atoms with Gasteiger partial charge in [-0.05, 0) is 52.0 Å². The van der Waals surface area contributed by atoms with Crippen LogP contribution in [0.25, 0.3) is 0 Å². The quantitative estimate of drug-likeness (QED) is 0.178. The second-order valence-corrected chi connectivity index (χ2v) is 19.6. The molecule has 3 fully saturated rings. The molecule has 14 heteroatoms. The number of ketones is 1. The summed E-state index contributed by atoms with van der Waals surface area (Å²) in [5, 5.41) is 11.2. The van der Waals surface area contributed by atoms with Crippen LogP contribution >= 0.6 is 0 Å². The van der Waals surface area contributed by atoms with Gasteiger partial charge in [-0.15, -0.1) is 6.58 Å². The van der Waals surface area contributed by atoms with E-state index in [1.54, 1.807) is 24.3 Å². The van der Waals surface area contributed by atoms with Crippen LogP contribution in [0.3, 0.4) is 0 Å². The van der Waals surface area contributed by atoms with Gasteiger partial charge in [-0.25, -0.2) is 13.2 Å².